The van der Waals surface area contributed by atoms with Crippen molar-refractivity contribution < 1.29 is 14.3 Å². The quantitative estimate of drug-likeness (QED) is 0.669. The third-order valence-electron chi connectivity index (χ3n) is 5.09. The maximum atomic E-state index is 12.8. The summed E-state index contributed by atoms with van der Waals surface area (Å²) in [5.74, 6) is 0.764. The van der Waals surface area contributed by atoms with Gasteiger partial charge >= 0.3 is 0 Å². The number of anilines is 2. The number of para-hydroxylation sites is 2. The SMILES string of the molecule is COc1ccccc1NC(=O)C1CN(c2nc(-c3ccncc3)cc(=O)n2C)CCO1. The molecule has 160 valence electrons. The molecule has 1 saturated heterocycles. The minimum absolute atomic E-state index is 0.182. The molecule has 3 aromatic rings. The Morgan fingerprint density at radius 1 is 1.23 bits per heavy atom. The molecule has 1 aliphatic rings. The number of carbonyl (C=O) groups excluding carboxylic acids is 1. The number of rotatable bonds is 5. The minimum atomic E-state index is -0.722. The van der Waals surface area contributed by atoms with E-state index in [0.717, 1.165) is 5.56 Å². The van der Waals surface area contributed by atoms with Crippen molar-refractivity contribution in [1.82, 2.24) is 14.5 Å². The molecule has 0 saturated carbocycles. The van der Waals surface area contributed by atoms with E-state index in [0.29, 0.717) is 36.2 Å². The Kier molecular flexibility index (Phi) is 5.94. The van der Waals surface area contributed by atoms with Crippen LogP contribution in [0.5, 0.6) is 5.75 Å². The summed E-state index contributed by atoms with van der Waals surface area (Å²) in [4.78, 5) is 36.0. The number of benzene rings is 1. The highest BCUT2D eigenvalue weighted by atomic mass is 16.5. The Hall–Kier alpha value is -3.72. The van der Waals surface area contributed by atoms with Gasteiger partial charge in [-0.1, -0.05) is 12.1 Å². The molecule has 1 fully saturated rings. The van der Waals surface area contributed by atoms with Crippen molar-refractivity contribution in [2.45, 2.75) is 6.10 Å². The molecular weight excluding hydrogens is 398 g/mol. The molecule has 2 aromatic heterocycles. The number of amides is 1. The lowest BCUT2D eigenvalue weighted by molar-refractivity contribution is -0.128. The second kappa shape index (κ2) is 8.97. The average Bonchev–Trinajstić information content (AvgIpc) is 2.81. The first-order chi connectivity index (χ1) is 15.1. The van der Waals surface area contributed by atoms with Crippen LogP contribution in [-0.2, 0) is 16.6 Å². The van der Waals surface area contributed by atoms with E-state index in [1.165, 1.54) is 10.6 Å². The van der Waals surface area contributed by atoms with Gasteiger partial charge < -0.3 is 19.7 Å². The van der Waals surface area contributed by atoms with Crippen molar-refractivity contribution in [3.63, 3.8) is 0 Å². The Labute approximate surface area is 179 Å². The molecule has 0 aliphatic carbocycles. The summed E-state index contributed by atoms with van der Waals surface area (Å²) in [6, 6.07) is 12.3. The van der Waals surface area contributed by atoms with E-state index in [-0.39, 0.29) is 18.0 Å². The molecule has 1 atom stereocenters. The highest BCUT2D eigenvalue weighted by Crippen LogP contribution is 2.24. The van der Waals surface area contributed by atoms with Crippen molar-refractivity contribution in [2.24, 2.45) is 7.05 Å². The number of morpholine rings is 1. The van der Waals surface area contributed by atoms with Crippen molar-refractivity contribution in [3.8, 4) is 17.0 Å². The van der Waals surface area contributed by atoms with Gasteiger partial charge in [0.2, 0.25) is 5.95 Å². The van der Waals surface area contributed by atoms with Crippen LogP contribution < -0.4 is 20.5 Å². The minimum Gasteiger partial charge on any atom is -0.495 e. The number of pyridine rings is 1. The third kappa shape index (κ3) is 4.41. The Balaban J connectivity index is 1.56. The summed E-state index contributed by atoms with van der Waals surface area (Å²) >= 11 is 0. The molecule has 1 unspecified atom stereocenters. The normalized spacial score (nSPS) is 16.1. The molecule has 0 bridgehead atoms. The van der Waals surface area contributed by atoms with Crippen LogP contribution in [-0.4, -0.2) is 53.4 Å². The predicted octanol–water partition coefficient (Wildman–Crippen LogP) is 1.69. The van der Waals surface area contributed by atoms with Crippen LogP contribution in [0.1, 0.15) is 0 Å². The average molecular weight is 421 g/mol. The van der Waals surface area contributed by atoms with Crippen LogP contribution in [0, 0.1) is 0 Å². The molecule has 1 aliphatic heterocycles. The fourth-order valence-electron chi connectivity index (χ4n) is 3.43. The molecule has 0 spiro atoms. The van der Waals surface area contributed by atoms with Gasteiger partial charge in [0.1, 0.15) is 5.75 Å². The maximum absolute atomic E-state index is 12.8. The van der Waals surface area contributed by atoms with Gasteiger partial charge in [-0.25, -0.2) is 4.98 Å². The van der Waals surface area contributed by atoms with Gasteiger partial charge in [0, 0.05) is 37.6 Å². The summed E-state index contributed by atoms with van der Waals surface area (Å²) in [6.45, 7) is 1.11. The molecule has 1 aromatic carbocycles. The number of hydrogen-bond donors (Lipinski definition) is 1. The number of methoxy groups -OCH3 is 1. The molecule has 1 N–H and O–H groups in total. The highest BCUT2D eigenvalue weighted by Gasteiger charge is 2.29. The van der Waals surface area contributed by atoms with Gasteiger partial charge in [-0.3, -0.25) is 19.1 Å². The van der Waals surface area contributed by atoms with E-state index in [1.807, 2.05) is 17.0 Å². The largest absolute Gasteiger partial charge is 0.495 e. The fourth-order valence-corrected chi connectivity index (χ4v) is 3.43. The van der Waals surface area contributed by atoms with E-state index in [4.69, 9.17) is 9.47 Å². The van der Waals surface area contributed by atoms with Gasteiger partial charge in [-0.05, 0) is 24.3 Å². The number of nitrogens with zero attached hydrogens (tertiary/aromatic N) is 4. The summed E-state index contributed by atoms with van der Waals surface area (Å²) < 4.78 is 12.5. The zero-order valence-corrected chi connectivity index (χ0v) is 17.3. The first-order valence-corrected chi connectivity index (χ1v) is 9.85. The van der Waals surface area contributed by atoms with Crippen LogP contribution in [0.15, 0.2) is 59.7 Å². The zero-order chi connectivity index (χ0) is 21.8. The summed E-state index contributed by atoms with van der Waals surface area (Å²) in [6.07, 6.45) is 2.59. The zero-order valence-electron chi connectivity index (χ0n) is 17.3. The second-order valence-corrected chi connectivity index (χ2v) is 7.07. The number of aromatic nitrogens is 3. The lowest BCUT2D eigenvalue weighted by Crippen LogP contribution is -2.49. The number of hydrogen-bond acceptors (Lipinski definition) is 7. The van der Waals surface area contributed by atoms with Gasteiger partial charge in [0.05, 0.1) is 31.6 Å². The molecule has 3 heterocycles. The molecule has 9 heteroatoms. The van der Waals surface area contributed by atoms with E-state index in [1.54, 1.807) is 50.8 Å². The van der Waals surface area contributed by atoms with Crippen LogP contribution in [0.3, 0.4) is 0 Å². The molecule has 4 rings (SSSR count). The van der Waals surface area contributed by atoms with E-state index in [2.05, 4.69) is 15.3 Å². The molecule has 0 radical (unpaired) electrons. The fraction of sp³-hybridized carbons (Fsp3) is 0.273. The predicted molar refractivity (Wildman–Crippen MR) is 116 cm³/mol. The number of nitrogens with one attached hydrogen (secondary N) is 1. The summed E-state index contributed by atoms with van der Waals surface area (Å²) in [5.41, 5.74) is 1.74. The Morgan fingerprint density at radius 3 is 2.77 bits per heavy atom. The first-order valence-electron chi connectivity index (χ1n) is 9.85. The number of ether oxygens (including phenoxy) is 2. The van der Waals surface area contributed by atoms with Gasteiger partial charge in [-0.15, -0.1) is 0 Å². The van der Waals surface area contributed by atoms with E-state index < -0.39 is 6.10 Å². The van der Waals surface area contributed by atoms with Crippen molar-refractivity contribution >= 4 is 17.5 Å². The second-order valence-electron chi connectivity index (χ2n) is 7.07. The van der Waals surface area contributed by atoms with E-state index in [9.17, 15) is 9.59 Å². The lowest BCUT2D eigenvalue weighted by Gasteiger charge is -2.33. The molecule has 31 heavy (non-hydrogen) atoms. The highest BCUT2D eigenvalue weighted by molar-refractivity contribution is 5.96. The molecule has 1 amide bonds. The monoisotopic (exact) mass is 421 g/mol. The van der Waals surface area contributed by atoms with Crippen molar-refractivity contribution in [2.75, 3.05) is 37.0 Å². The van der Waals surface area contributed by atoms with Crippen molar-refractivity contribution in [1.29, 1.82) is 0 Å². The van der Waals surface area contributed by atoms with Gasteiger partial charge in [0.15, 0.2) is 6.10 Å². The topological polar surface area (TPSA) is 98.6 Å². The summed E-state index contributed by atoms with van der Waals surface area (Å²) in [7, 11) is 3.21. The van der Waals surface area contributed by atoms with Crippen LogP contribution >= 0.6 is 0 Å². The van der Waals surface area contributed by atoms with Crippen molar-refractivity contribution in [3.05, 3.63) is 65.2 Å². The summed E-state index contributed by atoms with van der Waals surface area (Å²) in [5, 5.41) is 2.85. The van der Waals surface area contributed by atoms with Crippen LogP contribution in [0.25, 0.3) is 11.3 Å². The third-order valence-corrected chi connectivity index (χ3v) is 5.09. The van der Waals surface area contributed by atoms with Crippen LogP contribution in [0.2, 0.25) is 0 Å². The standard InChI is InChI=1S/C22H23N5O4/c1-26-20(28)13-17(15-7-9-23-10-8-15)25-22(26)27-11-12-31-19(14-27)21(29)24-16-5-3-4-6-18(16)30-2/h3-10,13,19H,11-12,14H2,1-2H3,(H,24,29). The number of carbonyl (C=O) groups is 1. The van der Waals surface area contributed by atoms with Crippen LogP contribution in [0.4, 0.5) is 11.6 Å². The maximum Gasteiger partial charge on any atom is 0.255 e. The van der Waals surface area contributed by atoms with Gasteiger partial charge in [0.25, 0.3) is 11.5 Å². The molecule has 9 nitrogen and oxygen atoms in total. The first kappa shape index (κ1) is 20.5. The Morgan fingerprint density at radius 2 is 2.00 bits per heavy atom. The molecular formula is C22H23N5O4. The van der Waals surface area contributed by atoms with E-state index >= 15 is 0 Å². The Bertz CT molecular complexity index is 1130. The lowest BCUT2D eigenvalue weighted by atomic mass is 10.2. The van der Waals surface area contributed by atoms with Gasteiger partial charge in [-0.2, -0.15) is 0 Å². The smallest absolute Gasteiger partial charge is 0.255 e.